The zero-order valence-electron chi connectivity index (χ0n) is 10.4. The lowest BCUT2D eigenvalue weighted by atomic mass is 10.3. The number of hydrogen-bond acceptors (Lipinski definition) is 3. The Labute approximate surface area is 115 Å². The summed E-state index contributed by atoms with van der Waals surface area (Å²) in [6.07, 6.45) is 0. The van der Waals surface area contributed by atoms with Crippen LogP contribution in [0.25, 0.3) is 16.7 Å². The van der Waals surface area contributed by atoms with Gasteiger partial charge in [-0.15, -0.1) is 0 Å². The third kappa shape index (κ3) is 2.37. The van der Waals surface area contributed by atoms with E-state index in [1.807, 2.05) is 36.4 Å². The van der Waals surface area contributed by atoms with Crippen molar-refractivity contribution in [2.24, 2.45) is 0 Å². The first-order valence-corrected chi connectivity index (χ1v) is 7.15. The average molecular weight is 270 g/mol. The number of imidazole rings is 1. The van der Waals surface area contributed by atoms with Gasteiger partial charge in [0.25, 0.3) is 0 Å². The lowest BCUT2D eigenvalue weighted by Gasteiger charge is -2.08. The van der Waals surface area contributed by atoms with E-state index in [1.54, 1.807) is 11.8 Å². The van der Waals surface area contributed by atoms with Gasteiger partial charge in [0, 0.05) is 11.4 Å². The monoisotopic (exact) mass is 270 g/mol. The fraction of sp³-hybridized carbons (Fsp3) is 0.133. The van der Waals surface area contributed by atoms with Crippen molar-refractivity contribution >= 4 is 22.8 Å². The standard InChI is InChI=1S/C15H14N2OS/c18-10-11-19-15-16-13-8-4-5-9-14(13)17(15)12-6-2-1-3-7-12/h1-9,18H,10-11H2. The highest BCUT2D eigenvalue weighted by Gasteiger charge is 2.11. The molecule has 0 spiro atoms. The number of para-hydroxylation sites is 3. The van der Waals surface area contributed by atoms with Crippen molar-refractivity contribution < 1.29 is 5.11 Å². The van der Waals surface area contributed by atoms with E-state index in [-0.39, 0.29) is 6.61 Å². The average Bonchev–Trinajstić information content (AvgIpc) is 2.84. The number of rotatable bonds is 4. The Morgan fingerprint density at radius 1 is 1.00 bits per heavy atom. The highest BCUT2D eigenvalue weighted by molar-refractivity contribution is 7.99. The Kier molecular flexibility index (Phi) is 3.53. The van der Waals surface area contributed by atoms with Gasteiger partial charge in [0.1, 0.15) is 0 Å². The van der Waals surface area contributed by atoms with Gasteiger partial charge in [0.15, 0.2) is 5.16 Å². The van der Waals surface area contributed by atoms with Gasteiger partial charge in [-0.2, -0.15) is 0 Å². The van der Waals surface area contributed by atoms with Crippen LogP contribution in [-0.4, -0.2) is 27.0 Å². The second-order valence-corrected chi connectivity index (χ2v) is 5.19. The summed E-state index contributed by atoms with van der Waals surface area (Å²) < 4.78 is 2.13. The van der Waals surface area contributed by atoms with Crippen molar-refractivity contribution in [2.75, 3.05) is 12.4 Å². The normalized spacial score (nSPS) is 11.0. The fourth-order valence-corrected chi connectivity index (χ4v) is 2.83. The van der Waals surface area contributed by atoms with Gasteiger partial charge in [0.05, 0.1) is 17.6 Å². The van der Waals surface area contributed by atoms with Crippen LogP contribution < -0.4 is 0 Å². The van der Waals surface area contributed by atoms with Crippen LogP contribution >= 0.6 is 11.8 Å². The van der Waals surface area contributed by atoms with Crippen molar-refractivity contribution in [1.82, 2.24) is 9.55 Å². The Morgan fingerprint density at radius 3 is 2.53 bits per heavy atom. The molecule has 19 heavy (non-hydrogen) atoms. The first-order chi connectivity index (χ1) is 9.40. The van der Waals surface area contributed by atoms with Crippen molar-refractivity contribution in [1.29, 1.82) is 0 Å². The molecule has 0 aliphatic carbocycles. The van der Waals surface area contributed by atoms with Gasteiger partial charge in [-0.3, -0.25) is 4.57 Å². The number of thioether (sulfide) groups is 1. The molecular formula is C15H14N2OS. The number of hydrogen-bond donors (Lipinski definition) is 1. The topological polar surface area (TPSA) is 38.1 Å². The van der Waals surface area contributed by atoms with Crippen molar-refractivity contribution in [2.45, 2.75) is 5.16 Å². The van der Waals surface area contributed by atoms with E-state index in [0.29, 0.717) is 5.75 Å². The summed E-state index contributed by atoms with van der Waals surface area (Å²) >= 11 is 1.57. The van der Waals surface area contributed by atoms with E-state index in [9.17, 15) is 0 Å². The van der Waals surface area contributed by atoms with E-state index in [4.69, 9.17) is 5.11 Å². The summed E-state index contributed by atoms with van der Waals surface area (Å²) in [5.74, 6) is 0.649. The van der Waals surface area contributed by atoms with Crippen LogP contribution in [0.4, 0.5) is 0 Å². The molecule has 0 saturated heterocycles. The van der Waals surface area contributed by atoms with Gasteiger partial charge in [-0.25, -0.2) is 4.98 Å². The molecule has 0 unspecified atom stereocenters. The van der Waals surface area contributed by atoms with Crippen LogP contribution in [-0.2, 0) is 0 Å². The molecule has 1 aromatic heterocycles. The van der Waals surface area contributed by atoms with Gasteiger partial charge in [-0.1, -0.05) is 42.1 Å². The number of aromatic nitrogens is 2. The van der Waals surface area contributed by atoms with Crippen LogP contribution in [0.3, 0.4) is 0 Å². The molecule has 0 bridgehead atoms. The van der Waals surface area contributed by atoms with E-state index in [1.165, 1.54) is 0 Å². The quantitative estimate of drug-likeness (QED) is 0.740. The summed E-state index contributed by atoms with van der Waals surface area (Å²) in [5, 5.41) is 9.92. The van der Waals surface area contributed by atoms with Crippen LogP contribution in [0.5, 0.6) is 0 Å². The number of aliphatic hydroxyl groups is 1. The molecule has 96 valence electrons. The van der Waals surface area contributed by atoms with Crippen molar-refractivity contribution in [3.8, 4) is 5.69 Å². The third-order valence-electron chi connectivity index (χ3n) is 2.87. The minimum Gasteiger partial charge on any atom is -0.396 e. The van der Waals surface area contributed by atoms with Gasteiger partial charge in [-0.05, 0) is 24.3 Å². The zero-order valence-corrected chi connectivity index (χ0v) is 11.2. The maximum atomic E-state index is 9.01. The van der Waals surface area contributed by atoms with E-state index in [0.717, 1.165) is 21.9 Å². The van der Waals surface area contributed by atoms with Crippen LogP contribution in [0.1, 0.15) is 0 Å². The van der Waals surface area contributed by atoms with Crippen molar-refractivity contribution in [3.63, 3.8) is 0 Å². The predicted molar refractivity (Wildman–Crippen MR) is 78.9 cm³/mol. The first-order valence-electron chi connectivity index (χ1n) is 6.17. The Balaban J connectivity index is 2.19. The number of nitrogens with zero attached hydrogens (tertiary/aromatic N) is 2. The lowest BCUT2D eigenvalue weighted by molar-refractivity contribution is 0.322. The predicted octanol–water partition coefficient (Wildman–Crippen LogP) is 3.11. The number of aliphatic hydroxyl groups excluding tert-OH is 1. The Bertz CT molecular complexity index is 679. The molecule has 3 rings (SSSR count). The smallest absolute Gasteiger partial charge is 0.173 e. The molecule has 0 atom stereocenters. The molecule has 0 fully saturated rings. The van der Waals surface area contributed by atoms with Gasteiger partial charge >= 0.3 is 0 Å². The molecule has 0 aliphatic rings. The summed E-state index contributed by atoms with van der Waals surface area (Å²) in [4.78, 5) is 4.64. The molecule has 3 nitrogen and oxygen atoms in total. The first kappa shape index (κ1) is 12.3. The Morgan fingerprint density at radius 2 is 1.74 bits per heavy atom. The molecule has 3 aromatic rings. The second-order valence-electron chi connectivity index (χ2n) is 4.13. The zero-order chi connectivity index (χ0) is 13.1. The van der Waals surface area contributed by atoms with Crippen LogP contribution in [0.15, 0.2) is 59.8 Å². The second kappa shape index (κ2) is 5.47. The minimum atomic E-state index is 0.155. The summed E-state index contributed by atoms with van der Waals surface area (Å²) in [6.45, 7) is 0.155. The summed E-state index contributed by atoms with van der Waals surface area (Å²) in [6, 6.07) is 18.3. The third-order valence-corrected chi connectivity index (χ3v) is 3.79. The van der Waals surface area contributed by atoms with Crippen LogP contribution in [0, 0.1) is 0 Å². The molecule has 0 aliphatic heterocycles. The molecule has 2 aromatic carbocycles. The van der Waals surface area contributed by atoms with E-state index < -0.39 is 0 Å². The molecular weight excluding hydrogens is 256 g/mol. The maximum absolute atomic E-state index is 9.01. The molecule has 0 radical (unpaired) electrons. The molecule has 1 N–H and O–H groups in total. The fourth-order valence-electron chi connectivity index (χ4n) is 2.06. The van der Waals surface area contributed by atoms with E-state index >= 15 is 0 Å². The summed E-state index contributed by atoms with van der Waals surface area (Å²) in [7, 11) is 0. The van der Waals surface area contributed by atoms with E-state index in [2.05, 4.69) is 27.8 Å². The largest absolute Gasteiger partial charge is 0.396 e. The molecule has 0 amide bonds. The minimum absolute atomic E-state index is 0.155. The summed E-state index contributed by atoms with van der Waals surface area (Å²) in [5.41, 5.74) is 3.16. The maximum Gasteiger partial charge on any atom is 0.173 e. The SMILES string of the molecule is OCCSc1nc2ccccc2n1-c1ccccc1. The van der Waals surface area contributed by atoms with Crippen LogP contribution in [0.2, 0.25) is 0 Å². The number of benzene rings is 2. The molecule has 0 saturated carbocycles. The lowest BCUT2D eigenvalue weighted by Crippen LogP contribution is -1.97. The number of fused-ring (bicyclic) bond motifs is 1. The Hall–Kier alpha value is -1.78. The molecule has 4 heteroatoms. The highest BCUT2D eigenvalue weighted by atomic mass is 32.2. The van der Waals surface area contributed by atoms with Gasteiger partial charge in [0.2, 0.25) is 0 Å². The highest BCUT2D eigenvalue weighted by Crippen LogP contribution is 2.27. The molecule has 1 heterocycles. The van der Waals surface area contributed by atoms with Gasteiger partial charge < -0.3 is 5.11 Å². The van der Waals surface area contributed by atoms with Crippen molar-refractivity contribution in [3.05, 3.63) is 54.6 Å².